The number of carbonyl (C=O) groups is 2. The van der Waals surface area contributed by atoms with Gasteiger partial charge in [-0.05, 0) is 11.5 Å². The largest absolute Gasteiger partial charge is 0.481 e. The van der Waals surface area contributed by atoms with Crippen LogP contribution < -0.4 is 0 Å². The lowest BCUT2D eigenvalue weighted by Gasteiger charge is -2.32. The fourth-order valence-corrected chi connectivity index (χ4v) is 3.61. The van der Waals surface area contributed by atoms with Crippen molar-refractivity contribution in [3.63, 3.8) is 0 Å². The molecule has 0 saturated carbocycles. The van der Waals surface area contributed by atoms with Gasteiger partial charge in [0.25, 0.3) is 0 Å². The van der Waals surface area contributed by atoms with Gasteiger partial charge >= 0.3 is 5.97 Å². The molecule has 0 fully saturated rings. The highest BCUT2D eigenvalue weighted by Gasteiger charge is 2.29. The zero-order chi connectivity index (χ0) is 19.4. The van der Waals surface area contributed by atoms with Crippen molar-refractivity contribution in [2.75, 3.05) is 13.1 Å². The third-order valence-electron chi connectivity index (χ3n) is 5.34. The fourth-order valence-electron chi connectivity index (χ4n) is 3.61. The van der Waals surface area contributed by atoms with Crippen LogP contribution in [0.15, 0.2) is 30.3 Å². The lowest BCUT2D eigenvalue weighted by atomic mass is 9.88. The standard InChI is InChI=1S/C20H26N4O3/c1-14-12-23(18(25)8-9-19(26)27)11-10-17-20(15(14)2)24(22-21-17)13-16-6-4-3-5-7-16/h3-7,14-15H,8-13H2,1-2H3,(H,26,27)/t14-,15+/m0/s1. The number of carboxylic acid groups (broad SMARTS) is 1. The molecule has 7 nitrogen and oxygen atoms in total. The van der Waals surface area contributed by atoms with Gasteiger partial charge < -0.3 is 10.0 Å². The molecule has 2 aromatic rings. The highest BCUT2D eigenvalue weighted by Crippen LogP contribution is 2.30. The Hall–Kier alpha value is -2.70. The van der Waals surface area contributed by atoms with Crippen LogP contribution in [0.2, 0.25) is 0 Å². The van der Waals surface area contributed by atoms with Gasteiger partial charge in [-0.3, -0.25) is 9.59 Å². The lowest BCUT2D eigenvalue weighted by molar-refractivity contribution is -0.141. The van der Waals surface area contributed by atoms with Crippen molar-refractivity contribution in [2.24, 2.45) is 5.92 Å². The van der Waals surface area contributed by atoms with Crippen molar-refractivity contribution in [1.29, 1.82) is 0 Å². The molecule has 0 spiro atoms. The molecule has 1 aliphatic rings. The topological polar surface area (TPSA) is 88.3 Å². The molecule has 0 radical (unpaired) electrons. The number of aliphatic carboxylic acids is 1. The first-order chi connectivity index (χ1) is 13.0. The minimum Gasteiger partial charge on any atom is -0.481 e. The number of fused-ring (bicyclic) bond motifs is 1. The SMILES string of the molecule is C[C@H]1CN(C(=O)CCC(=O)O)CCc2nnn(Cc3ccccc3)c2[C@@H]1C. The normalized spacial score (nSPS) is 19.9. The van der Waals surface area contributed by atoms with E-state index in [1.807, 2.05) is 22.9 Å². The molecule has 1 aliphatic heterocycles. The summed E-state index contributed by atoms with van der Waals surface area (Å²) in [6, 6.07) is 10.2. The number of carboxylic acids is 1. The molecule has 1 aromatic carbocycles. The van der Waals surface area contributed by atoms with Crippen LogP contribution in [0.25, 0.3) is 0 Å². The number of hydrogen-bond acceptors (Lipinski definition) is 4. The van der Waals surface area contributed by atoms with Gasteiger partial charge in [0.1, 0.15) is 0 Å². The summed E-state index contributed by atoms with van der Waals surface area (Å²) in [5.74, 6) is -0.612. The Morgan fingerprint density at radius 1 is 1.19 bits per heavy atom. The maximum Gasteiger partial charge on any atom is 0.303 e. The molecule has 1 aromatic heterocycles. The van der Waals surface area contributed by atoms with E-state index in [4.69, 9.17) is 5.11 Å². The van der Waals surface area contributed by atoms with E-state index in [1.165, 1.54) is 5.56 Å². The molecule has 1 N–H and O–H groups in total. The first-order valence-electron chi connectivity index (χ1n) is 9.41. The summed E-state index contributed by atoms with van der Waals surface area (Å²) in [6.07, 6.45) is 0.557. The van der Waals surface area contributed by atoms with Crippen LogP contribution in [0.4, 0.5) is 0 Å². The molecule has 0 bridgehead atoms. The van der Waals surface area contributed by atoms with Gasteiger partial charge in [0.05, 0.1) is 24.4 Å². The second-order valence-corrected chi connectivity index (χ2v) is 7.31. The highest BCUT2D eigenvalue weighted by molar-refractivity contribution is 5.80. The van der Waals surface area contributed by atoms with Crippen molar-refractivity contribution in [3.8, 4) is 0 Å². The number of carbonyl (C=O) groups excluding carboxylic acids is 1. The van der Waals surface area contributed by atoms with Crippen LogP contribution in [0.1, 0.15) is 49.6 Å². The fraction of sp³-hybridized carbons (Fsp3) is 0.500. The average Bonchev–Trinajstić information content (AvgIpc) is 3.04. The lowest BCUT2D eigenvalue weighted by Crippen LogP contribution is -2.39. The molecular weight excluding hydrogens is 344 g/mol. The second kappa shape index (κ2) is 8.33. The number of hydrogen-bond donors (Lipinski definition) is 1. The predicted molar refractivity (Wildman–Crippen MR) is 100 cm³/mol. The third kappa shape index (κ3) is 4.53. The first-order valence-corrected chi connectivity index (χ1v) is 9.41. The molecule has 0 saturated heterocycles. The van der Waals surface area contributed by atoms with Crippen LogP contribution in [0, 0.1) is 5.92 Å². The van der Waals surface area contributed by atoms with E-state index in [0.717, 1.165) is 11.4 Å². The molecule has 1 amide bonds. The van der Waals surface area contributed by atoms with E-state index in [9.17, 15) is 9.59 Å². The van der Waals surface area contributed by atoms with Crippen LogP contribution in [-0.2, 0) is 22.6 Å². The van der Waals surface area contributed by atoms with Crippen LogP contribution in [-0.4, -0.2) is 50.0 Å². The number of rotatable bonds is 5. The molecule has 0 aliphatic carbocycles. The zero-order valence-electron chi connectivity index (χ0n) is 15.8. The van der Waals surface area contributed by atoms with Crippen molar-refractivity contribution >= 4 is 11.9 Å². The van der Waals surface area contributed by atoms with Crippen molar-refractivity contribution in [1.82, 2.24) is 19.9 Å². The van der Waals surface area contributed by atoms with Gasteiger partial charge in [-0.25, -0.2) is 4.68 Å². The van der Waals surface area contributed by atoms with Crippen LogP contribution >= 0.6 is 0 Å². The zero-order valence-corrected chi connectivity index (χ0v) is 15.8. The third-order valence-corrected chi connectivity index (χ3v) is 5.34. The van der Waals surface area contributed by atoms with E-state index in [-0.39, 0.29) is 30.6 Å². The maximum atomic E-state index is 12.4. The smallest absolute Gasteiger partial charge is 0.303 e. The van der Waals surface area contributed by atoms with Gasteiger partial charge in [-0.15, -0.1) is 5.10 Å². The first kappa shape index (κ1) is 19.1. The van der Waals surface area contributed by atoms with Crippen molar-refractivity contribution in [3.05, 3.63) is 47.3 Å². The number of aromatic nitrogens is 3. The number of amides is 1. The summed E-state index contributed by atoms with van der Waals surface area (Å²) in [6.45, 7) is 6.13. The average molecular weight is 370 g/mol. The van der Waals surface area contributed by atoms with Crippen LogP contribution in [0.5, 0.6) is 0 Å². The Labute approximate surface area is 159 Å². The summed E-state index contributed by atoms with van der Waals surface area (Å²) in [7, 11) is 0. The summed E-state index contributed by atoms with van der Waals surface area (Å²) in [5.41, 5.74) is 3.25. The molecule has 27 heavy (non-hydrogen) atoms. The van der Waals surface area contributed by atoms with Gasteiger partial charge in [-0.1, -0.05) is 49.4 Å². The molecule has 2 atom stereocenters. The van der Waals surface area contributed by atoms with Gasteiger partial charge in [0.2, 0.25) is 5.91 Å². The Morgan fingerprint density at radius 3 is 2.63 bits per heavy atom. The van der Waals surface area contributed by atoms with Crippen molar-refractivity contribution in [2.45, 2.75) is 45.6 Å². The summed E-state index contributed by atoms with van der Waals surface area (Å²) < 4.78 is 1.98. The molecular formula is C20H26N4O3. The van der Waals surface area contributed by atoms with Gasteiger partial charge in [-0.2, -0.15) is 0 Å². The Kier molecular flexibility index (Phi) is 5.88. The van der Waals surface area contributed by atoms with Crippen molar-refractivity contribution < 1.29 is 14.7 Å². The monoisotopic (exact) mass is 370 g/mol. The Bertz CT molecular complexity index is 803. The summed E-state index contributed by atoms with van der Waals surface area (Å²) in [5, 5.41) is 17.6. The van der Waals surface area contributed by atoms with E-state index in [2.05, 4.69) is 36.3 Å². The van der Waals surface area contributed by atoms with Gasteiger partial charge in [0.15, 0.2) is 0 Å². The predicted octanol–water partition coefficient (Wildman–Crippen LogP) is 2.32. The molecule has 3 rings (SSSR count). The maximum absolute atomic E-state index is 12.4. The summed E-state index contributed by atoms with van der Waals surface area (Å²) >= 11 is 0. The van der Waals surface area contributed by atoms with E-state index >= 15 is 0 Å². The molecule has 2 heterocycles. The minimum atomic E-state index is -0.942. The highest BCUT2D eigenvalue weighted by atomic mass is 16.4. The summed E-state index contributed by atoms with van der Waals surface area (Å²) in [4.78, 5) is 24.9. The van der Waals surface area contributed by atoms with E-state index < -0.39 is 5.97 Å². The number of benzene rings is 1. The van der Waals surface area contributed by atoms with Crippen LogP contribution in [0.3, 0.4) is 0 Å². The second-order valence-electron chi connectivity index (χ2n) is 7.31. The molecule has 144 valence electrons. The Morgan fingerprint density at radius 2 is 1.93 bits per heavy atom. The Balaban J connectivity index is 1.78. The van der Waals surface area contributed by atoms with E-state index in [1.54, 1.807) is 4.90 Å². The molecule has 0 unspecified atom stereocenters. The van der Waals surface area contributed by atoms with Gasteiger partial charge in [0, 0.05) is 31.8 Å². The number of nitrogens with zero attached hydrogens (tertiary/aromatic N) is 4. The quantitative estimate of drug-likeness (QED) is 0.872. The van der Waals surface area contributed by atoms with E-state index in [0.29, 0.717) is 26.1 Å². The minimum absolute atomic E-state index is 0.0456. The molecule has 7 heteroatoms.